The van der Waals surface area contributed by atoms with Crippen molar-refractivity contribution in [2.45, 2.75) is 12.8 Å². The summed E-state index contributed by atoms with van der Waals surface area (Å²) in [4.78, 5) is 8.31. The van der Waals surface area contributed by atoms with Gasteiger partial charge in [0.05, 0.1) is 6.61 Å². The summed E-state index contributed by atoms with van der Waals surface area (Å²) >= 11 is 4.80. The van der Waals surface area contributed by atoms with Crippen LogP contribution in [0.2, 0.25) is 0 Å². The molecule has 1 aromatic heterocycles. The molecule has 0 aliphatic heterocycles. The zero-order chi connectivity index (χ0) is 9.97. The molecule has 0 radical (unpaired) electrons. The number of hydrogen-bond acceptors (Lipinski definition) is 4. The Morgan fingerprint density at radius 2 is 2.43 bits per heavy atom. The smallest absolute Gasteiger partial charge is 0.316 e. The number of nitrogens with two attached hydrogens (primary N) is 1. The van der Waals surface area contributed by atoms with Crippen LogP contribution in [0.25, 0.3) is 0 Å². The maximum Gasteiger partial charge on any atom is 0.316 e. The predicted octanol–water partition coefficient (Wildman–Crippen LogP) is 0.900. The SMILES string of the molecule is NC(=S)c1ccnc(OCC2CC2)n1. The van der Waals surface area contributed by atoms with Gasteiger partial charge in [-0.3, -0.25) is 0 Å². The third-order valence-corrected chi connectivity index (χ3v) is 2.24. The van der Waals surface area contributed by atoms with Gasteiger partial charge in [-0.05, 0) is 24.8 Å². The molecule has 1 aliphatic rings. The van der Waals surface area contributed by atoms with Gasteiger partial charge in [-0.25, -0.2) is 4.98 Å². The first-order valence-electron chi connectivity index (χ1n) is 4.51. The van der Waals surface area contributed by atoms with E-state index in [1.807, 2.05) is 0 Å². The van der Waals surface area contributed by atoms with E-state index in [0.29, 0.717) is 24.2 Å². The van der Waals surface area contributed by atoms with Crippen molar-refractivity contribution in [3.8, 4) is 6.01 Å². The third-order valence-electron chi connectivity index (χ3n) is 2.03. The summed E-state index contributed by atoms with van der Waals surface area (Å²) in [7, 11) is 0. The average molecular weight is 209 g/mol. The van der Waals surface area contributed by atoms with Crippen LogP contribution < -0.4 is 10.5 Å². The third kappa shape index (κ3) is 2.38. The van der Waals surface area contributed by atoms with Crippen LogP contribution >= 0.6 is 12.2 Å². The van der Waals surface area contributed by atoms with E-state index in [4.69, 9.17) is 22.7 Å². The highest BCUT2D eigenvalue weighted by Gasteiger charge is 2.22. The summed E-state index contributed by atoms with van der Waals surface area (Å²) in [6, 6.07) is 2.04. The van der Waals surface area contributed by atoms with Crippen LogP contribution in [-0.4, -0.2) is 21.6 Å². The van der Waals surface area contributed by atoms with E-state index in [1.54, 1.807) is 12.3 Å². The molecule has 1 saturated carbocycles. The van der Waals surface area contributed by atoms with Gasteiger partial charge in [0.25, 0.3) is 0 Å². The van der Waals surface area contributed by atoms with Gasteiger partial charge in [0, 0.05) is 6.20 Å². The number of ether oxygens (including phenoxy) is 1. The monoisotopic (exact) mass is 209 g/mol. The highest BCUT2D eigenvalue weighted by Crippen LogP contribution is 2.28. The topological polar surface area (TPSA) is 61.0 Å². The molecule has 0 saturated heterocycles. The molecule has 0 atom stereocenters. The van der Waals surface area contributed by atoms with Crippen LogP contribution in [0.5, 0.6) is 6.01 Å². The highest BCUT2D eigenvalue weighted by molar-refractivity contribution is 7.80. The van der Waals surface area contributed by atoms with Crippen molar-refractivity contribution in [1.29, 1.82) is 0 Å². The second kappa shape index (κ2) is 3.88. The molecule has 2 rings (SSSR count). The number of thiocarbonyl (C=S) groups is 1. The predicted molar refractivity (Wildman–Crippen MR) is 56.1 cm³/mol. The van der Waals surface area contributed by atoms with Crippen LogP contribution in [-0.2, 0) is 0 Å². The maximum absolute atomic E-state index is 5.44. The maximum atomic E-state index is 5.44. The molecule has 0 unspecified atom stereocenters. The van der Waals surface area contributed by atoms with Gasteiger partial charge in [0.2, 0.25) is 0 Å². The van der Waals surface area contributed by atoms with Gasteiger partial charge >= 0.3 is 6.01 Å². The summed E-state index contributed by atoms with van der Waals surface area (Å²) in [6.45, 7) is 0.695. The fraction of sp³-hybridized carbons (Fsp3) is 0.444. The van der Waals surface area contributed by atoms with Crippen LogP contribution in [0.1, 0.15) is 18.5 Å². The second-order valence-electron chi connectivity index (χ2n) is 3.34. The summed E-state index contributed by atoms with van der Waals surface area (Å²) in [5.74, 6) is 0.687. The molecular weight excluding hydrogens is 198 g/mol. The summed E-state index contributed by atoms with van der Waals surface area (Å²) in [6.07, 6.45) is 4.09. The Morgan fingerprint density at radius 3 is 3.07 bits per heavy atom. The van der Waals surface area contributed by atoms with E-state index < -0.39 is 0 Å². The first-order valence-corrected chi connectivity index (χ1v) is 4.92. The zero-order valence-electron chi connectivity index (χ0n) is 7.64. The number of rotatable bonds is 4. The van der Waals surface area contributed by atoms with Gasteiger partial charge < -0.3 is 10.5 Å². The molecule has 74 valence electrons. The molecule has 0 bridgehead atoms. The molecule has 1 aromatic rings. The highest BCUT2D eigenvalue weighted by atomic mass is 32.1. The Balaban J connectivity index is 2.01. The number of nitrogens with zero attached hydrogens (tertiary/aromatic N) is 2. The lowest BCUT2D eigenvalue weighted by atomic mass is 10.4. The van der Waals surface area contributed by atoms with Crippen LogP contribution in [0.4, 0.5) is 0 Å². The summed E-state index contributed by atoms with van der Waals surface area (Å²) < 4.78 is 5.38. The molecule has 2 N–H and O–H groups in total. The fourth-order valence-corrected chi connectivity index (χ4v) is 1.14. The van der Waals surface area contributed by atoms with Gasteiger partial charge in [-0.1, -0.05) is 12.2 Å². The minimum atomic E-state index is 0.267. The molecule has 4 nitrogen and oxygen atoms in total. The van der Waals surface area contributed by atoms with E-state index in [0.717, 1.165) is 0 Å². The zero-order valence-corrected chi connectivity index (χ0v) is 8.46. The molecule has 0 spiro atoms. The number of hydrogen-bond donors (Lipinski definition) is 1. The van der Waals surface area contributed by atoms with E-state index >= 15 is 0 Å². The Kier molecular flexibility index (Phi) is 2.58. The average Bonchev–Trinajstić information content (AvgIpc) is 2.99. The van der Waals surface area contributed by atoms with Crippen LogP contribution in [0.15, 0.2) is 12.3 Å². The van der Waals surface area contributed by atoms with E-state index in [1.165, 1.54) is 12.8 Å². The Morgan fingerprint density at radius 1 is 1.64 bits per heavy atom. The van der Waals surface area contributed by atoms with Crippen LogP contribution in [0, 0.1) is 5.92 Å². The molecule has 14 heavy (non-hydrogen) atoms. The Hall–Kier alpha value is -1.23. The quantitative estimate of drug-likeness (QED) is 0.746. The lowest BCUT2D eigenvalue weighted by Crippen LogP contribution is -2.13. The second-order valence-corrected chi connectivity index (χ2v) is 3.78. The minimum absolute atomic E-state index is 0.267. The van der Waals surface area contributed by atoms with Gasteiger partial charge in [0.1, 0.15) is 10.7 Å². The van der Waals surface area contributed by atoms with E-state index in [2.05, 4.69) is 9.97 Å². The molecule has 5 heteroatoms. The minimum Gasteiger partial charge on any atom is -0.463 e. The van der Waals surface area contributed by atoms with E-state index in [9.17, 15) is 0 Å². The summed E-state index contributed by atoms with van der Waals surface area (Å²) in [5.41, 5.74) is 5.99. The Labute approximate surface area is 87.5 Å². The van der Waals surface area contributed by atoms with Gasteiger partial charge in [-0.15, -0.1) is 0 Å². The largest absolute Gasteiger partial charge is 0.463 e. The fourth-order valence-electron chi connectivity index (χ4n) is 1.02. The lowest BCUT2D eigenvalue weighted by Gasteiger charge is -2.03. The van der Waals surface area contributed by atoms with Crippen molar-refractivity contribution >= 4 is 17.2 Å². The molecule has 0 aromatic carbocycles. The van der Waals surface area contributed by atoms with E-state index in [-0.39, 0.29) is 4.99 Å². The van der Waals surface area contributed by atoms with Gasteiger partial charge in [0.15, 0.2) is 0 Å². The normalized spacial score (nSPS) is 15.1. The lowest BCUT2D eigenvalue weighted by molar-refractivity contribution is 0.276. The molecule has 1 fully saturated rings. The Bertz CT molecular complexity index is 352. The molecule has 1 aliphatic carbocycles. The van der Waals surface area contributed by atoms with Crippen LogP contribution in [0.3, 0.4) is 0 Å². The molecule has 0 amide bonds. The van der Waals surface area contributed by atoms with Crippen molar-refractivity contribution in [1.82, 2.24) is 9.97 Å². The first kappa shape index (κ1) is 9.33. The molecule has 1 heterocycles. The van der Waals surface area contributed by atoms with Crippen molar-refractivity contribution in [2.75, 3.05) is 6.61 Å². The van der Waals surface area contributed by atoms with Crippen molar-refractivity contribution in [3.63, 3.8) is 0 Å². The number of aromatic nitrogens is 2. The summed E-state index contributed by atoms with van der Waals surface area (Å²) in [5, 5.41) is 0. The van der Waals surface area contributed by atoms with Crippen molar-refractivity contribution in [3.05, 3.63) is 18.0 Å². The molecular formula is C9H11N3OS. The standard InChI is InChI=1S/C9H11N3OS/c10-8(14)7-3-4-11-9(12-7)13-5-6-1-2-6/h3-4,6H,1-2,5H2,(H2,10,14). The van der Waals surface area contributed by atoms with Gasteiger partial charge in [-0.2, -0.15) is 4.98 Å². The van der Waals surface area contributed by atoms with Crippen molar-refractivity contribution < 1.29 is 4.74 Å². The first-order chi connectivity index (χ1) is 6.75. The van der Waals surface area contributed by atoms with Crippen molar-refractivity contribution in [2.24, 2.45) is 11.7 Å².